The molecule has 0 aromatic heterocycles. The van der Waals surface area contributed by atoms with Crippen LogP contribution in [0.1, 0.15) is 26.7 Å². The fourth-order valence-corrected chi connectivity index (χ4v) is 7.43. The van der Waals surface area contributed by atoms with E-state index in [4.69, 9.17) is 11.6 Å². The molecular formula is C21H32ClN5O3S. The molecule has 172 valence electrons. The Labute approximate surface area is 189 Å². The van der Waals surface area contributed by atoms with Gasteiger partial charge in [0.25, 0.3) is 0 Å². The number of hydrazine groups is 1. The van der Waals surface area contributed by atoms with Gasteiger partial charge in [0.05, 0.1) is 5.92 Å². The van der Waals surface area contributed by atoms with E-state index in [1.807, 2.05) is 43.0 Å². The summed E-state index contributed by atoms with van der Waals surface area (Å²) in [6.07, 6.45) is 1.46. The Morgan fingerprint density at radius 2 is 1.61 bits per heavy atom. The molecule has 0 bridgehead atoms. The molecule has 1 aromatic carbocycles. The van der Waals surface area contributed by atoms with E-state index in [0.29, 0.717) is 24.7 Å². The molecule has 3 atom stereocenters. The number of rotatable bonds is 4. The Hall–Kier alpha value is -1.39. The van der Waals surface area contributed by atoms with Crippen molar-refractivity contribution in [2.24, 2.45) is 5.92 Å². The number of nitrogens with zero attached hydrogens (tertiary/aromatic N) is 3. The topological polar surface area (TPSA) is 85.0 Å². The highest BCUT2D eigenvalue weighted by Crippen LogP contribution is 2.27. The molecular weight excluding hydrogens is 438 g/mol. The Morgan fingerprint density at radius 1 is 1.00 bits per heavy atom. The molecule has 10 heteroatoms. The predicted molar refractivity (Wildman–Crippen MR) is 122 cm³/mol. The van der Waals surface area contributed by atoms with Crippen molar-refractivity contribution in [2.45, 2.75) is 44.0 Å². The summed E-state index contributed by atoms with van der Waals surface area (Å²) in [5.41, 5.74) is 7.16. The first-order chi connectivity index (χ1) is 14.8. The van der Waals surface area contributed by atoms with Crippen molar-refractivity contribution in [2.75, 3.05) is 44.2 Å². The summed E-state index contributed by atoms with van der Waals surface area (Å²) in [5, 5.41) is 0.187. The molecule has 1 aromatic rings. The van der Waals surface area contributed by atoms with Gasteiger partial charge < -0.3 is 9.80 Å². The quantitative estimate of drug-likeness (QED) is 0.691. The number of piperazine rings is 1. The Kier molecular flexibility index (Phi) is 6.79. The molecule has 3 saturated heterocycles. The first kappa shape index (κ1) is 22.8. The second-order valence-corrected chi connectivity index (χ2v) is 11.4. The summed E-state index contributed by atoms with van der Waals surface area (Å²) in [6.45, 7) is 7.36. The van der Waals surface area contributed by atoms with Crippen LogP contribution in [0.4, 0.5) is 5.69 Å². The summed E-state index contributed by atoms with van der Waals surface area (Å²) < 4.78 is 28.1. The number of hydrogen-bond donors (Lipinski definition) is 2. The Morgan fingerprint density at radius 3 is 2.23 bits per heavy atom. The van der Waals surface area contributed by atoms with Crippen molar-refractivity contribution in [1.29, 1.82) is 0 Å². The number of halogens is 1. The van der Waals surface area contributed by atoms with Crippen LogP contribution in [0.25, 0.3) is 0 Å². The molecule has 0 aliphatic carbocycles. The number of anilines is 1. The highest BCUT2D eigenvalue weighted by Gasteiger charge is 2.45. The van der Waals surface area contributed by atoms with Gasteiger partial charge in [-0.3, -0.25) is 15.6 Å². The normalized spacial score (nSPS) is 30.5. The lowest BCUT2D eigenvalue weighted by atomic mass is 9.97. The minimum atomic E-state index is -3.49. The second kappa shape index (κ2) is 9.23. The summed E-state index contributed by atoms with van der Waals surface area (Å²) in [7, 11) is -3.49. The van der Waals surface area contributed by atoms with E-state index < -0.39 is 15.3 Å². The lowest BCUT2D eigenvalue weighted by Crippen LogP contribution is -2.55. The van der Waals surface area contributed by atoms with Crippen molar-refractivity contribution < 1.29 is 13.2 Å². The van der Waals surface area contributed by atoms with Crippen LogP contribution in [0.3, 0.4) is 0 Å². The van der Waals surface area contributed by atoms with Crippen LogP contribution < -0.4 is 15.8 Å². The number of carbonyl (C=O) groups excluding carboxylic acids is 1. The van der Waals surface area contributed by atoms with Crippen LogP contribution in [0.5, 0.6) is 0 Å². The van der Waals surface area contributed by atoms with Crippen molar-refractivity contribution in [3.05, 3.63) is 29.3 Å². The summed E-state index contributed by atoms with van der Waals surface area (Å²) in [4.78, 5) is 17.4. The number of benzene rings is 1. The first-order valence-corrected chi connectivity index (χ1v) is 12.9. The van der Waals surface area contributed by atoms with Gasteiger partial charge in [0, 0.05) is 62.1 Å². The molecule has 3 heterocycles. The van der Waals surface area contributed by atoms with E-state index in [9.17, 15) is 13.2 Å². The minimum absolute atomic E-state index is 0.0828. The van der Waals surface area contributed by atoms with Crippen molar-refractivity contribution in [3.8, 4) is 0 Å². The van der Waals surface area contributed by atoms with Gasteiger partial charge in [0.15, 0.2) is 0 Å². The zero-order chi connectivity index (χ0) is 22.2. The SMILES string of the molecule is CC1NNC(C)C1S(=O)(=O)N1CCCC(C(=O)N2CCN(c3ccc(Cl)cc3)CC2)C1. The smallest absolute Gasteiger partial charge is 0.227 e. The molecule has 4 rings (SSSR count). The number of sulfonamides is 1. The van der Waals surface area contributed by atoms with Gasteiger partial charge in [-0.2, -0.15) is 0 Å². The third-order valence-corrected chi connectivity index (χ3v) is 9.55. The number of piperidine rings is 1. The lowest BCUT2D eigenvalue weighted by Gasteiger charge is -2.40. The highest BCUT2D eigenvalue weighted by atomic mass is 35.5. The third-order valence-electron chi connectivity index (χ3n) is 6.74. The van der Waals surface area contributed by atoms with Crippen LogP contribution >= 0.6 is 11.6 Å². The fraction of sp³-hybridized carbons (Fsp3) is 0.667. The van der Waals surface area contributed by atoms with Gasteiger partial charge in [-0.25, -0.2) is 12.7 Å². The molecule has 1 amide bonds. The minimum Gasteiger partial charge on any atom is -0.368 e. The average Bonchev–Trinajstić information content (AvgIpc) is 3.12. The van der Waals surface area contributed by atoms with Gasteiger partial charge in [0.2, 0.25) is 15.9 Å². The maximum Gasteiger partial charge on any atom is 0.227 e. The number of carbonyl (C=O) groups is 1. The van der Waals surface area contributed by atoms with Crippen molar-refractivity contribution in [3.63, 3.8) is 0 Å². The monoisotopic (exact) mass is 469 g/mol. The Balaban J connectivity index is 1.36. The van der Waals surface area contributed by atoms with Crippen LogP contribution in [0.2, 0.25) is 5.02 Å². The van der Waals surface area contributed by atoms with Crippen LogP contribution in [0, 0.1) is 5.92 Å². The standard InChI is InChI=1S/C21H32ClN5O3S/c1-15-20(16(2)24-23-15)31(29,30)27-9-3-4-17(14-27)21(28)26-12-10-25(11-13-26)19-7-5-18(22)6-8-19/h5-8,15-17,20,23-24H,3-4,9-14H2,1-2H3. The van der Waals surface area contributed by atoms with Gasteiger partial charge in [-0.1, -0.05) is 11.6 Å². The van der Waals surface area contributed by atoms with E-state index in [-0.39, 0.29) is 30.5 Å². The zero-order valence-corrected chi connectivity index (χ0v) is 19.7. The van der Waals surface area contributed by atoms with E-state index in [2.05, 4.69) is 15.8 Å². The zero-order valence-electron chi connectivity index (χ0n) is 18.1. The Bertz CT molecular complexity index is 879. The maximum absolute atomic E-state index is 13.3. The van der Waals surface area contributed by atoms with Gasteiger partial charge >= 0.3 is 0 Å². The van der Waals surface area contributed by atoms with Gasteiger partial charge in [-0.15, -0.1) is 0 Å². The molecule has 0 saturated carbocycles. The van der Waals surface area contributed by atoms with Crippen LogP contribution in [0.15, 0.2) is 24.3 Å². The van der Waals surface area contributed by atoms with Gasteiger partial charge in [0.1, 0.15) is 5.25 Å². The van der Waals surface area contributed by atoms with Crippen molar-refractivity contribution >= 4 is 33.2 Å². The van der Waals surface area contributed by atoms with E-state index in [1.54, 1.807) is 4.31 Å². The number of amides is 1. The van der Waals surface area contributed by atoms with E-state index in [0.717, 1.165) is 31.6 Å². The molecule has 0 spiro atoms. The molecule has 31 heavy (non-hydrogen) atoms. The van der Waals surface area contributed by atoms with Gasteiger partial charge in [-0.05, 0) is 51.0 Å². The van der Waals surface area contributed by atoms with Crippen LogP contribution in [-0.4, -0.2) is 80.1 Å². The molecule has 2 N–H and O–H groups in total. The lowest BCUT2D eigenvalue weighted by molar-refractivity contribution is -0.137. The molecule has 3 unspecified atom stereocenters. The van der Waals surface area contributed by atoms with Crippen molar-refractivity contribution in [1.82, 2.24) is 20.1 Å². The largest absolute Gasteiger partial charge is 0.368 e. The summed E-state index contributed by atoms with van der Waals surface area (Å²) >= 11 is 5.98. The second-order valence-electron chi connectivity index (χ2n) is 8.86. The number of nitrogens with one attached hydrogen (secondary N) is 2. The third kappa shape index (κ3) is 4.71. The predicted octanol–water partition coefficient (Wildman–Crippen LogP) is 1.28. The molecule has 8 nitrogen and oxygen atoms in total. The average molecular weight is 470 g/mol. The van der Waals surface area contributed by atoms with Crippen LogP contribution in [-0.2, 0) is 14.8 Å². The summed E-state index contributed by atoms with van der Waals surface area (Å²) in [5.74, 6) is -0.182. The first-order valence-electron chi connectivity index (χ1n) is 11.1. The van der Waals surface area contributed by atoms with E-state index >= 15 is 0 Å². The maximum atomic E-state index is 13.3. The molecule has 3 aliphatic heterocycles. The number of hydrogen-bond acceptors (Lipinski definition) is 6. The highest BCUT2D eigenvalue weighted by molar-refractivity contribution is 7.89. The van der Waals surface area contributed by atoms with E-state index in [1.165, 1.54) is 0 Å². The summed E-state index contributed by atoms with van der Waals surface area (Å²) in [6, 6.07) is 7.41. The molecule has 0 radical (unpaired) electrons. The fourth-order valence-electron chi connectivity index (χ4n) is 5.02. The molecule has 3 fully saturated rings. The molecule has 3 aliphatic rings.